The van der Waals surface area contributed by atoms with Gasteiger partial charge in [-0.05, 0) is 39.2 Å². The van der Waals surface area contributed by atoms with Crippen molar-refractivity contribution in [3.8, 4) is 10.6 Å². The van der Waals surface area contributed by atoms with Crippen LogP contribution < -0.4 is 0 Å². The molecule has 2 saturated heterocycles. The predicted octanol–water partition coefficient (Wildman–Crippen LogP) is 3.96. The highest BCUT2D eigenvalue weighted by atomic mass is 32.1. The highest BCUT2D eigenvalue weighted by Gasteiger charge is 2.33. The summed E-state index contributed by atoms with van der Waals surface area (Å²) < 4.78 is 11.3. The Morgan fingerprint density at radius 1 is 1.15 bits per heavy atom. The number of benzene rings is 1. The Balaban J connectivity index is 1.47. The maximum Gasteiger partial charge on any atom is 0.265 e. The van der Waals surface area contributed by atoms with Crippen LogP contribution in [0.25, 0.3) is 10.6 Å². The third-order valence-corrected chi connectivity index (χ3v) is 6.64. The van der Waals surface area contributed by atoms with Gasteiger partial charge in [-0.25, -0.2) is 4.98 Å². The Kier molecular flexibility index (Phi) is 5.30. The fraction of sp³-hybridized carbons (Fsp3) is 0.524. The molecule has 2 aliphatic rings. The van der Waals surface area contributed by atoms with E-state index >= 15 is 0 Å². The van der Waals surface area contributed by atoms with Crippen LogP contribution in [0, 0.1) is 26.7 Å². The molecule has 0 unspecified atom stereocenters. The maximum absolute atomic E-state index is 13.1. The lowest BCUT2D eigenvalue weighted by molar-refractivity contribution is -0.0956. The molecule has 0 N–H and O–H groups in total. The minimum absolute atomic E-state index is 0.0801. The van der Waals surface area contributed by atoms with Crippen LogP contribution in [0.4, 0.5) is 0 Å². The van der Waals surface area contributed by atoms with E-state index in [0.29, 0.717) is 19.1 Å². The number of carbonyl (C=O) groups is 1. The smallest absolute Gasteiger partial charge is 0.265 e. The third-order valence-electron chi connectivity index (χ3n) is 5.46. The first-order valence-electron chi connectivity index (χ1n) is 9.60. The van der Waals surface area contributed by atoms with Gasteiger partial charge in [0.2, 0.25) is 0 Å². The summed E-state index contributed by atoms with van der Waals surface area (Å²) in [4.78, 5) is 20.5. The molecule has 4 rings (SSSR count). The van der Waals surface area contributed by atoms with Crippen LogP contribution in [0.15, 0.2) is 18.2 Å². The minimum Gasteiger partial charge on any atom is -0.350 e. The molecule has 144 valence electrons. The zero-order chi connectivity index (χ0) is 19.0. The second-order valence-electron chi connectivity index (χ2n) is 7.49. The number of nitrogens with zero attached hydrogens (tertiary/aromatic N) is 2. The SMILES string of the molecule is Cc1ccc(-c2nc(C)c(C(=O)N3CCC(C4OCCO4)CC3)s2)c(C)c1. The molecule has 1 amide bonds. The van der Waals surface area contributed by atoms with Gasteiger partial charge in [-0.3, -0.25) is 4.79 Å². The number of hydrogen-bond donors (Lipinski definition) is 0. The Hall–Kier alpha value is -1.76. The van der Waals surface area contributed by atoms with Gasteiger partial charge < -0.3 is 14.4 Å². The van der Waals surface area contributed by atoms with Crippen molar-refractivity contribution in [2.75, 3.05) is 26.3 Å². The second kappa shape index (κ2) is 7.70. The van der Waals surface area contributed by atoms with Crippen LogP contribution in [-0.2, 0) is 9.47 Å². The summed E-state index contributed by atoms with van der Waals surface area (Å²) in [6.45, 7) is 8.99. The van der Waals surface area contributed by atoms with E-state index < -0.39 is 0 Å². The summed E-state index contributed by atoms with van der Waals surface area (Å²) in [6.07, 6.45) is 1.78. The zero-order valence-corrected chi connectivity index (χ0v) is 17.0. The Bertz CT molecular complexity index is 834. The van der Waals surface area contributed by atoms with Crippen molar-refractivity contribution in [2.45, 2.75) is 39.9 Å². The molecule has 2 fully saturated rings. The molecule has 0 aliphatic carbocycles. The molecule has 0 radical (unpaired) electrons. The number of amides is 1. The van der Waals surface area contributed by atoms with Crippen LogP contribution in [0.5, 0.6) is 0 Å². The van der Waals surface area contributed by atoms with E-state index in [2.05, 4.69) is 32.0 Å². The number of rotatable bonds is 3. The number of piperidine rings is 1. The van der Waals surface area contributed by atoms with Crippen molar-refractivity contribution in [2.24, 2.45) is 5.92 Å². The lowest BCUT2D eigenvalue weighted by atomic mass is 9.96. The largest absolute Gasteiger partial charge is 0.350 e. The molecule has 27 heavy (non-hydrogen) atoms. The van der Waals surface area contributed by atoms with Crippen molar-refractivity contribution in [1.82, 2.24) is 9.88 Å². The quantitative estimate of drug-likeness (QED) is 0.801. The van der Waals surface area contributed by atoms with Gasteiger partial charge in [-0.15, -0.1) is 11.3 Å². The van der Waals surface area contributed by atoms with Crippen LogP contribution in [0.2, 0.25) is 0 Å². The topological polar surface area (TPSA) is 51.7 Å². The number of aryl methyl sites for hydroxylation is 3. The molecule has 1 aromatic heterocycles. The number of carbonyl (C=O) groups excluding carboxylic acids is 1. The zero-order valence-electron chi connectivity index (χ0n) is 16.2. The average molecular weight is 387 g/mol. The fourth-order valence-corrected chi connectivity index (χ4v) is 5.06. The minimum atomic E-state index is -0.0801. The van der Waals surface area contributed by atoms with Gasteiger partial charge in [0.1, 0.15) is 9.88 Å². The Morgan fingerprint density at radius 3 is 2.52 bits per heavy atom. The van der Waals surface area contributed by atoms with Gasteiger partial charge in [0.05, 0.1) is 18.9 Å². The van der Waals surface area contributed by atoms with E-state index in [1.165, 1.54) is 22.5 Å². The molecule has 6 heteroatoms. The first-order valence-corrected chi connectivity index (χ1v) is 10.4. The third kappa shape index (κ3) is 3.79. The highest BCUT2D eigenvalue weighted by molar-refractivity contribution is 7.17. The lowest BCUT2D eigenvalue weighted by Crippen LogP contribution is -2.41. The van der Waals surface area contributed by atoms with E-state index in [1.807, 2.05) is 11.8 Å². The van der Waals surface area contributed by atoms with E-state index in [0.717, 1.165) is 47.1 Å². The summed E-state index contributed by atoms with van der Waals surface area (Å²) in [6, 6.07) is 6.36. The average Bonchev–Trinajstić information content (AvgIpc) is 3.31. The molecule has 2 aliphatic heterocycles. The summed E-state index contributed by atoms with van der Waals surface area (Å²) in [7, 11) is 0. The van der Waals surface area contributed by atoms with Crippen LogP contribution in [0.3, 0.4) is 0 Å². The number of ether oxygens (including phenoxy) is 2. The highest BCUT2D eigenvalue weighted by Crippen LogP contribution is 2.33. The van der Waals surface area contributed by atoms with E-state index in [4.69, 9.17) is 14.5 Å². The van der Waals surface area contributed by atoms with E-state index in [9.17, 15) is 4.79 Å². The van der Waals surface area contributed by atoms with Gasteiger partial charge >= 0.3 is 0 Å². The molecule has 0 atom stereocenters. The van der Waals surface area contributed by atoms with Crippen molar-refractivity contribution < 1.29 is 14.3 Å². The molecule has 0 saturated carbocycles. The Labute approximate surface area is 164 Å². The molecule has 0 bridgehead atoms. The maximum atomic E-state index is 13.1. The first-order chi connectivity index (χ1) is 13.0. The van der Waals surface area contributed by atoms with Gasteiger partial charge in [-0.2, -0.15) is 0 Å². The first kappa shape index (κ1) is 18.6. The van der Waals surface area contributed by atoms with Crippen LogP contribution >= 0.6 is 11.3 Å². The fourth-order valence-electron chi connectivity index (χ4n) is 3.93. The van der Waals surface area contributed by atoms with Gasteiger partial charge in [0, 0.05) is 24.6 Å². The number of hydrogen-bond acceptors (Lipinski definition) is 5. The standard InChI is InChI=1S/C21H26N2O3S/c1-13-4-5-17(14(2)12-13)19-22-15(3)18(27-19)20(24)23-8-6-16(7-9-23)21-25-10-11-26-21/h4-5,12,16,21H,6-11H2,1-3H3. The molecule has 3 heterocycles. The number of aromatic nitrogens is 1. The summed E-state index contributed by atoms with van der Waals surface area (Å²) in [5, 5.41) is 0.927. The van der Waals surface area contributed by atoms with Crippen molar-refractivity contribution in [3.63, 3.8) is 0 Å². The van der Waals surface area contributed by atoms with E-state index in [1.54, 1.807) is 0 Å². The molecule has 2 aromatic rings. The van der Waals surface area contributed by atoms with Crippen molar-refractivity contribution in [1.29, 1.82) is 0 Å². The van der Waals surface area contributed by atoms with Gasteiger partial charge in [0.25, 0.3) is 5.91 Å². The normalized spacial score (nSPS) is 19.0. The van der Waals surface area contributed by atoms with Crippen LogP contribution in [0.1, 0.15) is 39.3 Å². The van der Waals surface area contributed by atoms with Crippen molar-refractivity contribution >= 4 is 17.2 Å². The van der Waals surface area contributed by atoms with Gasteiger partial charge in [0.15, 0.2) is 6.29 Å². The lowest BCUT2D eigenvalue weighted by Gasteiger charge is -2.33. The Morgan fingerprint density at radius 2 is 1.85 bits per heavy atom. The van der Waals surface area contributed by atoms with Gasteiger partial charge in [-0.1, -0.05) is 23.8 Å². The summed E-state index contributed by atoms with van der Waals surface area (Å²) in [5.74, 6) is 0.498. The summed E-state index contributed by atoms with van der Waals surface area (Å²) >= 11 is 1.51. The monoisotopic (exact) mass is 386 g/mol. The van der Waals surface area contributed by atoms with Crippen molar-refractivity contribution in [3.05, 3.63) is 39.9 Å². The van der Waals surface area contributed by atoms with E-state index in [-0.39, 0.29) is 12.2 Å². The molecule has 5 nitrogen and oxygen atoms in total. The molecule has 0 spiro atoms. The second-order valence-corrected chi connectivity index (χ2v) is 8.49. The van der Waals surface area contributed by atoms with Crippen LogP contribution in [-0.4, -0.2) is 48.4 Å². The number of thiazole rings is 1. The molecular formula is C21H26N2O3S. The number of likely N-dealkylation sites (tertiary alicyclic amines) is 1. The molecular weight excluding hydrogens is 360 g/mol. The summed E-state index contributed by atoms with van der Waals surface area (Å²) in [5.41, 5.74) is 4.37. The predicted molar refractivity (Wildman–Crippen MR) is 106 cm³/mol. The molecule has 1 aromatic carbocycles.